The van der Waals surface area contributed by atoms with Crippen LogP contribution in [0.2, 0.25) is 0 Å². The first-order valence-corrected chi connectivity index (χ1v) is 12.1. The van der Waals surface area contributed by atoms with Crippen LogP contribution in [-0.4, -0.2) is 67.2 Å². The third-order valence-corrected chi connectivity index (χ3v) is 6.88. The molecule has 8 nitrogen and oxygen atoms in total. The van der Waals surface area contributed by atoms with Crippen molar-refractivity contribution in [2.45, 2.75) is 77.0 Å². The molecule has 0 bridgehead atoms. The fourth-order valence-corrected chi connectivity index (χ4v) is 5.21. The highest BCUT2D eigenvalue weighted by atomic mass is 16.6. The van der Waals surface area contributed by atoms with E-state index in [1.165, 1.54) is 11.3 Å². The van der Waals surface area contributed by atoms with Crippen molar-refractivity contribution >= 4 is 29.3 Å². The highest BCUT2D eigenvalue weighted by Crippen LogP contribution is 2.38. The molecule has 0 spiro atoms. The molecular formula is C25H36N4O4. The highest BCUT2D eigenvalue weighted by molar-refractivity contribution is 6.02. The summed E-state index contributed by atoms with van der Waals surface area (Å²) in [7, 11) is 1.83. The summed E-state index contributed by atoms with van der Waals surface area (Å²) in [4.78, 5) is 42.9. The number of piperidine rings is 2. The lowest BCUT2D eigenvalue weighted by atomic mass is 9.94. The summed E-state index contributed by atoms with van der Waals surface area (Å²) < 4.78 is 5.54. The molecule has 1 unspecified atom stereocenters. The molecule has 1 aromatic rings. The fourth-order valence-electron chi connectivity index (χ4n) is 5.21. The summed E-state index contributed by atoms with van der Waals surface area (Å²) in [5.74, 6) is -0.364. The number of hydrogen-bond acceptors (Lipinski definition) is 6. The maximum Gasteiger partial charge on any atom is 0.410 e. The SMILES string of the molecule is CN(C(=O)OC(C)(C)C)C1CCN(c2cccc3c2CCCN3C2CCC(=O)NC2=O)CC1. The first kappa shape index (κ1) is 23.4. The molecule has 3 aliphatic rings. The first-order chi connectivity index (χ1) is 15.6. The maximum absolute atomic E-state index is 12.5. The number of carbonyl (C=O) groups is 3. The smallest absolute Gasteiger partial charge is 0.410 e. The molecule has 8 heteroatoms. The average Bonchev–Trinajstić information content (AvgIpc) is 2.77. The van der Waals surface area contributed by atoms with Gasteiger partial charge in [-0.25, -0.2) is 4.79 Å². The van der Waals surface area contributed by atoms with Gasteiger partial charge in [0.05, 0.1) is 0 Å². The van der Waals surface area contributed by atoms with E-state index < -0.39 is 5.60 Å². The molecule has 33 heavy (non-hydrogen) atoms. The zero-order chi connectivity index (χ0) is 23.8. The minimum atomic E-state index is -0.496. The molecule has 3 aliphatic heterocycles. The summed E-state index contributed by atoms with van der Waals surface area (Å²) in [6.45, 7) is 8.22. The standard InChI is InChI=1S/C25H36N4O4/c1-25(2,3)33-24(32)27(4)17-12-15-28(16-13-17)19-8-5-9-20-18(19)7-6-14-29(20)21-10-11-22(30)26-23(21)31/h5,8-9,17,21H,6-7,10-16H2,1-4H3,(H,26,30,31). The van der Waals surface area contributed by atoms with Crippen LogP contribution in [0.5, 0.6) is 0 Å². The van der Waals surface area contributed by atoms with E-state index in [4.69, 9.17) is 4.74 Å². The Morgan fingerprint density at radius 1 is 1.06 bits per heavy atom. The van der Waals surface area contributed by atoms with Crippen molar-refractivity contribution in [1.29, 1.82) is 0 Å². The second kappa shape index (κ2) is 9.23. The molecule has 3 heterocycles. The van der Waals surface area contributed by atoms with E-state index in [2.05, 4.69) is 33.3 Å². The summed E-state index contributed by atoms with van der Waals surface area (Å²) >= 11 is 0. The van der Waals surface area contributed by atoms with Crippen molar-refractivity contribution in [2.24, 2.45) is 0 Å². The van der Waals surface area contributed by atoms with Crippen LogP contribution in [0.15, 0.2) is 18.2 Å². The van der Waals surface area contributed by atoms with E-state index in [9.17, 15) is 14.4 Å². The summed E-state index contributed by atoms with van der Waals surface area (Å²) in [6, 6.07) is 6.22. The molecule has 0 radical (unpaired) electrons. The molecule has 3 amide bonds. The minimum Gasteiger partial charge on any atom is -0.444 e. The molecule has 0 aromatic heterocycles. The molecule has 2 saturated heterocycles. The van der Waals surface area contributed by atoms with Gasteiger partial charge < -0.3 is 19.4 Å². The third-order valence-electron chi connectivity index (χ3n) is 6.88. The second-order valence-corrected chi connectivity index (χ2v) is 10.3. The number of fused-ring (bicyclic) bond motifs is 1. The maximum atomic E-state index is 12.5. The summed E-state index contributed by atoms with van der Waals surface area (Å²) in [5.41, 5.74) is 3.13. The van der Waals surface area contributed by atoms with Crippen molar-refractivity contribution in [3.8, 4) is 0 Å². The summed E-state index contributed by atoms with van der Waals surface area (Å²) in [6.07, 6.45) is 4.43. The average molecular weight is 457 g/mol. The van der Waals surface area contributed by atoms with Crippen LogP contribution < -0.4 is 15.1 Å². The van der Waals surface area contributed by atoms with Gasteiger partial charge in [0, 0.05) is 50.5 Å². The normalized spacial score (nSPS) is 22.0. The molecule has 1 atom stereocenters. The van der Waals surface area contributed by atoms with E-state index in [1.807, 2.05) is 27.8 Å². The number of ether oxygens (including phenoxy) is 1. The van der Waals surface area contributed by atoms with Crippen molar-refractivity contribution < 1.29 is 19.1 Å². The van der Waals surface area contributed by atoms with E-state index >= 15 is 0 Å². The molecule has 1 N–H and O–H groups in total. The van der Waals surface area contributed by atoms with Crippen LogP contribution in [0.25, 0.3) is 0 Å². The zero-order valence-corrected chi connectivity index (χ0v) is 20.2. The Hall–Kier alpha value is -2.77. The number of amides is 3. The van der Waals surface area contributed by atoms with Crippen LogP contribution in [0, 0.1) is 0 Å². The number of anilines is 2. The lowest BCUT2D eigenvalue weighted by Crippen LogP contribution is -2.54. The Bertz CT molecular complexity index is 917. The molecule has 1 aromatic carbocycles. The van der Waals surface area contributed by atoms with E-state index in [0.717, 1.165) is 51.0 Å². The van der Waals surface area contributed by atoms with E-state index in [-0.39, 0.29) is 30.0 Å². The molecule has 180 valence electrons. The Labute approximate surface area is 196 Å². The number of imide groups is 1. The van der Waals surface area contributed by atoms with Gasteiger partial charge in [-0.2, -0.15) is 0 Å². The van der Waals surface area contributed by atoms with Gasteiger partial charge in [-0.05, 0) is 70.6 Å². The Kier molecular flexibility index (Phi) is 6.54. The molecular weight excluding hydrogens is 420 g/mol. The second-order valence-electron chi connectivity index (χ2n) is 10.3. The van der Waals surface area contributed by atoms with Crippen LogP contribution in [0.4, 0.5) is 16.2 Å². The molecule has 0 saturated carbocycles. The number of benzene rings is 1. The lowest BCUT2D eigenvalue weighted by molar-refractivity contribution is -0.134. The van der Waals surface area contributed by atoms with Crippen LogP contribution in [0.3, 0.4) is 0 Å². The summed E-state index contributed by atoms with van der Waals surface area (Å²) in [5, 5.41) is 2.50. The van der Waals surface area contributed by atoms with Crippen LogP contribution in [0.1, 0.15) is 58.4 Å². The topological polar surface area (TPSA) is 82.2 Å². The van der Waals surface area contributed by atoms with Crippen molar-refractivity contribution in [3.05, 3.63) is 23.8 Å². The Morgan fingerprint density at radius 2 is 1.76 bits per heavy atom. The molecule has 0 aliphatic carbocycles. The number of rotatable bonds is 3. The molecule has 4 rings (SSSR count). The third kappa shape index (κ3) is 5.09. The molecule has 2 fully saturated rings. The van der Waals surface area contributed by atoms with Gasteiger partial charge in [-0.3, -0.25) is 14.9 Å². The van der Waals surface area contributed by atoms with Gasteiger partial charge in [0.1, 0.15) is 11.6 Å². The minimum absolute atomic E-state index is 0.163. The number of nitrogens with zero attached hydrogens (tertiary/aromatic N) is 3. The Morgan fingerprint density at radius 3 is 2.42 bits per heavy atom. The van der Waals surface area contributed by atoms with Crippen LogP contribution >= 0.6 is 0 Å². The predicted molar refractivity (Wildman–Crippen MR) is 128 cm³/mol. The van der Waals surface area contributed by atoms with Gasteiger partial charge in [0.2, 0.25) is 11.8 Å². The number of carbonyl (C=O) groups excluding carboxylic acids is 3. The fraction of sp³-hybridized carbons (Fsp3) is 0.640. The van der Waals surface area contributed by atoms with Gasteiger partial charge in [-0.15, -0.1) is 0 Å². The number of hydrogen-bond donors (Lipinski definition) is 1. The van der Waals surface area contributed by atoms with Gasteiger partial charge >= 0.3 is 6.09 Å². The van der Waals surface area contributed by atoms with Gasteiger partial charge in [0.25, 0.3) is 0 Å². The largest absolute Gasteiger partial charge is 0.444 e. The van der Waals surface area contributed by atoms with Gasteiger partial charge in [-0.1, -0.05) is 6.07 Å². The predicted octanol–water partition coefficient (Wildman–Crippen LogP) is 3.08. The van der Waals surface area contributed by atoms with Crippen molar-refractivity contribution in [3.63, 3.8) is 0 Å². The number of nitrogens with one attached hydrogen (secondary N) is 1. The van der Waals surface area contributed by atoms with Gasteiger partial charge in [0.15, 0.2) is 0 Å². The monoisotopic (exact) mass is 456 g/mol. The zero-order valence-electron chi connectivity index (χ0n) is 20.2. The van der Waals surface area contributed by atoms with E-state index in [1.54, 1.807) is 4.90 Å². The quantitative estimate of drug-likeness (QED) is 0.704. The van der Waals surface area contributed by atoms with Crippen molar-refractivity contribution in [2.75, 3.05) is 36.5 Å². The first-order valence-electron chi connectivity index (χ1n) is 12.1. The van der Waals surface area contributed by atoms with Crippen LogP contribution in [-0.2, 0) is 20.7 Å². The van der Waals surface area contributed by atoms with Crippen molar-refractivity contribution in [1.82, 2.24) is 10.2 Å². The highest BCUT2D eigenvalue weighted by Gasteiger charge is 2.35. The lowest BCUT2D eigenvalue weighted by Gasteiger charge is -2.42. The van der Waals surface area contributed by atoms with E-state index in [0.29, 0.717) is 12.8 Å². The Balaban J connectivity index is 1.46.